The van der Waals surface area contributed by atoms with Gasteiger partial charge in [0.1, 0.15) is 35.4 Å². The lowest BCUT2D eigenvalue weighted by Gasteiger charge is -2.56. The normalized spacial score (nSPS) is 58.6. The Labute approximate surface area is 189 Å². The van der Waals surface area contributed by atoms with Crippen molar-refractivity contribution in [3.8, 4) is 5.40 Å². The first-order chi connectivity index (χ1) is 15.1. The predicted molar refractivity (Wildman–Crippen MR) is 109 cm³/mol. The van der Waals surface area contributed by atoms with Gasteiger partial charge in [0.15, 0.2) is 5.60 Å². The van der Waals surface area contributed by atoms with E-state index in [1.807, 2.05) is 13.8 Å². The smallest absolute Gasteiger partial charge is 0.458 e. The number of cyclic esters (lactones) is 1. The molecule has 0 aromatic carbocycles. The molecule has 0 amide bonds. The van der Waals surface area contributed by atoms with E-state index in [-0.39, 0.29) is 35.4 Å². The zero-order valence-corrected chi connectivity index (χ0v) is 19.6. The zero-order chi connectivity index (χ0) is 22.5. The van der Waals surface area contributed by atoms with Gasteiger partial charge in [-0.2, -0.15) is 5.26 Å². The van der Waals surface area contributed by atoms with Gasteiger partial charge in [-0.15, -0.1) is 0 Å². The maximum absolute atomic E-state index is 12.8. The van der Waals surface area contributed by atoms with Crippen LogP contribution < -0.4 is 0 Å². The van der Waals surface area contributed by atoms with E-state index >= 15 is 0 Å². The van der Waals surface area contributed by atoms with Crippen molar-refractivity contribution >= 4 is 25.6 Å². The fourth-order valence-electron chi connectivity index (χ4n) is 8.15. The first-order valence-corrected chi connectivity index (χ1v) is 13.5. The minimum absolute atomic E-state index is 0.0471. The molecule has 2 saturated carbocycles. The van der Waals surface area contributed by atoms with Crippen molar-refractivity contribution in [3.05, 3.63) is 11.1 Å². The Kier molecular flexibility index (Phi) is 3.61. The van der Waals surface area contributed by atoms with E-state index in [1.165, 1.54) is 0 Å². The molecule has 4 heterocycles. The van der Waals surface area contributed by atoms with Crippen molar-refractivity contribution in [3.63, 3.8) is 0 Å². The van der Waals surface area contributed by atoms with Crippen LogP contribution in [0.5, 0.6) is 0 Å². The van der Waals surface area contributed by atoms with Crippen LogP contribution >= 0.6 is 19.6 Å². The Bertz CT molecular complexity index is 1100. The lowest BCUT2D eigenvalue weighted by Crippen LogP contribution is -2.74. The van der Waals surface area contributed by atoms with Crippen molar-refractivity contribution in [2.75, 3.05) is 6.61 Å². The second kappa shape index (κ2) is 5.65. The van der Waals surface area contributed by atoms with Crippen molar-refractivity contribution in [1.29, 1.82) is 5.26 Å². The lowest BCUT2D eigenvalue weighted by molar-refractivity contribution is -0.136. The minimum atomic E-state index is -4.33. The number of thiocyanates is 1. The summed E-state index contributed by atoms with van der Waals surface area (Å²) in [6.07, 6.45) is 0.532. The second-order valence-electron chi connectivity index (χ2n) is 10.6. The van der Waals surface area contributed by atoms with E-state index in [0.29, 0.717) is 25.9 Å². The number of nitrogens with zero attached hydrogens (tertiary/aromatic N) is 1. The summed E-state index contributed by atoms with van der Waals surface area (Å²) in [6.45, 7) is 6.32. The van der Waals surface area contributed by atoms with E-state index < -0.39 is 36.0 Å². The zero-order valence-electron chi connectivity index (χ0n) is 17.9. The van der Waals surface area contributed by atoms with Crippen LogP contribution in [0.1, 0.15) is 40.0 Å². The average molecular weight is 481 g/mol. The number of esters is 1. The van der Waals surface area contributed by atoms with Crippen LogP contribution in [0.25, 0.3) is 0 Å². The Morgan fingerprint density at radius 1 is 1.34 bits per heavy atom. The number of fused-ring (bicyclic) bond motifs is 3. The highest BCUT2D eigenvalue weighted by Gasteiger charge is 2.98. The summed E-state index contributed by atoms with van der Waals surface area (Å²) in [5, 5.41) is 11.3. The number of hydrogen-bond donors (Lipinski definition) is 1. The number of carbonyl (C=O) groups excluding carboxylic acids is 1. The number of epoxide rings is 2. The topological polar surface area (TPSA) is 131 Å². The predicted octanol–water partition coefficient (Wildman–Crippen LogP) is 2.44. The number of hydrogen-bond acceptors (Lipinski definition) is 9. The standard InChI is InChI=1S/C21H24NO8PS/c1-9(2)19-15(32-8-22)14-21(28-14)18(3)5-4-10-11(7-26-16(10)23)12(18)6-13-20(21,27-13)17(19)29-31(24,25)30-19/h9,12-15,17H,4-7H2,1-3H3,(H,24,25)/t12?,13-,14+,15+,17+,18-,19?,20+,21+/m0/s1. The van der Waals surface area contributed by atoms with E-state index in [4.69, 9.17) is 23.3 Å². The molecule has 1 N–H and O–H groups in total. The molecule has 172 valence electrons. The Morgan fingerprint density at radius 3 is 2.84 bits per heavy atom. The van der Waals surface area contributed by atoms with Crippen LogP contribution in [0.4, 0.5) is 0 Å². The number of carbonyl (C=O) groups is 1. The first kappa shape index (κ1) is 20.5. The summed E-state index contributed by atoms with van der Waals surface area (Å²) >= 11 is 1.03. The molecule has 7 aliphatic rings. The molecule has 0 radical (unpaired) electrons. The highest BCUT2D eigenvalue weighted by atomic mass is 32.2. The molecule has 11 heteroatoms. The third-order valence-corrected chi connectivity index (χ3v) is 11.5. The van der Waals surface area contributed by atoms with Crippen molar-refractivity contribution in [2.24, 2.45) is 17.3 Å². The number of nitriles is 1. The minimum Gasteiger partial charge on any atom is -0.458 e. The largest absolute Gasteiger partial charge is 0.473 e. The first-order valence-electron chi connectivity index (χ1n) is 11.1. The lowest BCUT2D eigenvalue weighted by atomic mass is 9.46. The summed E-state index contributed by atoms with van der Waals surface area (Å²) in [4.78, 5) is 22.7. The monoisotopic (exact) mass is 481 g/mol. The van der Waals surface area contributed by atoms with Gasteiger partial charge in [-0.25, -0.2) is 9.36 Å². The summed E-state index contributed by atoms with van der Waals surface area (Å²) in [6, 6.07) is 0. The molecular weight excluding hydrogens is 457 g/mol. The van der Waals surface area contributed by atoms with Gasteiger partial charge in [-0.05, 0) is 48.4 Å². The molecule has 2 spiro atoms. The third-order valence-electron chi connectivity index (χ3n) is 9.48. The van der Waals surface area contributed by atoms with Gasteiger partial charge < -0.3 is 19.1 Å². The number of phosphoric acid groups is 1. The van der Waals surface area contributed by atoms with Gasteiger partial charge >= 0.3 is 13.8 Å². The quantitative estimate of drug-likeness (QED) is 0.272. The van der Waals surface area contributed by atoms with Crippen molar-refractivity contribution in [2.45, 2.75) is 80.4 Å². The molecule has 10 atom stereocenters. The maximum atomic E-state index is 12.8. The molecule has 5 fully saturated rings. The Morgan fingerprint density at radius 2 is 2.12 bits per heavy atom. The van der Waals surface area contributed by atoms with Crippen molar-refractivity contribution in [1.82, 2.24) is 0 Å². The highest BCUT2D eigenvalue weighted by molar-refractivity contribution is 8.04. The van der Waals surface area contributed by atoms with Crippen LogP contribution in [0.3, 0.4) is 0 Å². The van der Waals surface area contributed by atoms with Crippen LogP contribution in [-0.4, -0.2) is 57.8 Å². The molecule has 9 nitrogen and oxygen atoms in total. The number of thioether (sulfide) groups is 1. The maximum Gasteiger partial charge on any atom is 0.473 e. The van der Waals surface area contributed by atoms with Gasteiger partial charge in [0, 0.05) is 11.0 Å². The Balaban J connectivity index is 1.42. The Hall–Kier alpha value is -0.920. The van der Waals surface area contributed by atoms with E-state index in [1.54, 1.807) is 0 Å². The van der Waals surface area contributed by atoms with Crippen molar-refractivity contribution < 1.29 is 37.5 Å². The second-order valence-corrected chi connectivity index (χ2v) is 12.9. The molecule has 0 aromatic rings. The molecule has 32 heavy (non-hydrogen) atoms. The molecular formula is C21H24NO8PS. The van der Waals surface area contributed by atoms with Gasteiger partial charge in [0.25, 0.3) is 0 Å². The summed E-state index contributed by atoms with van der Waals surface area (Å²) in [5.41, 5.74) is -1.43. The van der Waals surface area contributed by atoms with Crippen LogP contribution in [-0.2, 0) is 32.6 Å². The summed E-state index contributed by atoms with van der Waals surface area (Å²) in [7, 11) is -4.33. The summed E-state index contributed by atoms with van der Waals surface area (Å²) < 4.78 is 42.9. The van der Waals surface area contributed by atoms with Crippen LogP contribution in [0.2, 0.25) is 0 Å². The molecule has 3 saturated heterocycles. The number of ether oxygens (including phenoxy) is 3. The van der Waals surface area contributed by atoms with Crippen LogP contribution in [0, 0.1) is 27.9 Å². The number of rotatable bonds is 2. The molecule has 7 rings (SSSR count). The van der Waals surface area contributed by atoms with E-state index in [0.717, 1.165) is 22.9 Å². The van der Waals surface area contributed by atoms with Gasteiger partial charge in [0.05, 0.1) is 11.4 Å². The fourth-order valence-corrected chi connectivity index (χ4v) is 10.8. The molecule has 0 bridgehead atoms. The fraction of sp³-hybridized carbons (Fsp3) is 0.810. The summed E-state index contributed by atoms with van der Waals surface area (Å²) in [5.74, 6) is -0.392. The molecule has 3 aliphatic carbocycles. The third kappa shape index (κ3) is 1.89. The SMILES string of the molecule is CC(C)C12OP(=O)(O)O[C@H]1[C@]13O[C@H]1CC1C4=C(CC[C@]1(C)[C@@]31O[C@@H]1[C@H]2SC#N)C(=O)OC4. The van der Waals surface area contributed by atoms with Crippen LogP contribution in [0.15, 0.2) is 11.1 Å². The molecule has 3 unspecified atom stereocenters. The van der Waals surface area contributed by atoms with Gasteiger partial charge in [0.2, 0.25) is 0 Å². The van der Waals surface area contributed by atoms with Gasteiger partial charge in [-0.1, -0.05) is 20.8 Å². The molecule has 4 aliphatic heterocycles. The average Bonchev–Trinajstić information content (AvgIpc) is 3.57. The van der Waals surface area contributed by atoms with E-state index in [9.17, 15) is 19.5 Å². The highest BCUT2D eigenvalue weighted by Crippen LogP contribution is 2.84. The number of phosphoric ester groups is 1. The van der Waals surface area contributed by atoms with E-state index in [2.05, 4.69) is 12.3 Å². The van der Waals surface area contributed by atoms with Gasteiger partial charge in [-0.3, -0.25) is 9.05 Å². The molecule has 0 aromatic heterocycles.